The minimum Gasteiger partial charge on any atom is -0.462 e. The number of ether oxygens (including phenoxy) is 1. The number of carbonyl (C=O) groups excluding carboxylic acids is 1. The van der Waals surface area contributed by atoms with E-state index in [0.29, 0.717) is 10.8 Å². The summed E-state index contributed by atoms with van der Waals surface area (Å²) < 4.78 is 18.9. The van der Waals surface area contributed by atoms with Crippen LogP contribution in [0.2, 0.25) is 5.15 Å². The molecule has 1 aromatic heterocycles. The van der Waals surface area contributed by atoms with Crippen molar-refractivity contribution in [3.63, 3.8) is 0 Å². The van der Waals surface area contributed by atoms with Gasteiger partial charge in [-0.05, 0) is 25.1 Å². The third-order valence-electron chi connectivity index (χ3n) is 2.77. The summed E-state index contributed by atoms with van der Waals surface area (Å²) in [6, 6.07) is 9.26. The van der Waals surface area contributed by atoms with Crippen LogP contribution in [0.3, 0.4) is 0 Å². The highest BCUT2D eigenvalue weighted by molar-refractivity contribution is 6.29. The minimum atomic E-state index is -0.611. The molecular weight excluding hydrogens is 307 g/mol. The Morgan fingerprint density at radius 1 is 1.41 bits per heavy atom. The van der Waals surface area contributed by atoms with Gasteiger partial charge in [-0.1, -0.05) is 29.8 Å². The molecule has 1 aromatic carbocycles. The van der Waals surface area contributed by atoms with Crippen LogP contribution in [-0.4, -0.2) is 17.6 Å². The zero-order chi connectivity index (χ0) is 15.9. The molecule has 0 spiro atoms. The van der Waals surface area contributed by atoms with Crippen LogP contribution < -0.4 is 5.32 Å². The largest absolute Gasteiger partial charge is 0.462 e. The Labute approximate surface area is 132 Å². The number of aromatic nitrogens is 1. The first-order valence-corrected chi connectivity index (χ1v) is 7.00. The molecule has 0 bridgehead atoms. The van der Waals surface area contributed by atoms with Crippen LogP contribution >= 0.6 is 11.6 Å². The van der Waals surface area contributed by atoms with E-state index in [-0.39, 0.29) is 17.7 Å². The van der Waals surface area contributed by atoms with E-state index in [1.807, 2.05) is 0 Å². The van der Waals surface area contributed by atoms with E-state index >= 15 is 0 Å². The van der Waals surface area contributed by atoms with Crippen molar-refractivity contribution in [1.82, 2.24) is 4.98 Å². The molecule has 4 nitrogen and oxygen atoms in total. The number of hydrogen-bond acceptors (Lipinski definition) is 4. The maximum atomic E-state index is 13.9. The number of carbonyl (C=O) groups is 1. The van der Waals surface area contributed by atoms with E-state index in [2.05, 4.69) is 10.3 Å². The first-order chi connectivity index (χ1) is 10.6. The van der Waals surface area contributed by atoms with Crippen LogP contribution in [0.4, 0.5) is 10.1 Å². The molecule has 0 aliphatic rings. The van der Waals surface area contributed by atoms with Gasteiger partial charge in [0.15, 0.2) is 0 Å². The summed E-state index contributed by atoms with van der Waals surface area (Å²) >= 11 is 5.79. The first kappa shape index (κ1) is 16.0. The molecule has 0 amide bonds. The third-order valence-corrected chi connectivity index (χ3v) is 2.98. The summed E-state index contributed by atoms with van der Waals surface area (Å²) in [7, 11) is 0. The van der Waals surface area contributed by atoms with Crippen LogP contribution in [0.5, 0.6) is 0 Å². The quantitative estimate of drug-likeness (QED) is 0.516. The van der Waals surface area contributed by atoms with Gasteiger partial charge in [0.2, 0.25) is 0 Å². The van der Waals surface area contributed by atoms with E-state index in [0.717, 1.165) is 0 Å². The maximum absolute atomic E-state index is 13.9. The lowest BCUT2D eigenvalue weighted by Gasteiger charge is -2.09. The summed E-state index contributed by atoms with van der Waals surface area (Å²) in [4.78, 5) is 15.9. The van der Waals surface area contributed by atoms with Gasteiger partial charge in [-0.25, -0.2) is 14.2 Å². The Hall–Kier alpha value is -2.40. The zero-order valence-corrected chi connectivity index (χ0v) is 12.6. The molecule has 0 aliphatic heterocycles. The molecule has 0 fully saturated rings. The highest BCUT2D eigenvalue weighted by Gasteiger charge is 2.16. The fraction of sp³-hybridized carbons (Fsp3) is 0.125. The normalized spacial score (nSPS) is 11.1. The second-order valence-corrected chi connectivity index (χ2v) is 4.66. The number of halogens is 2. The number of nitrogens with zero attached hydrogens (tertiary/aromatic N) is 1. The van der Waals surface area contributed by atoms with Crippen molar-refractivity contribution < 1.29 is 13.9 Å². The van der Waals surface area contributed by atoms with Gasteiger partial charge < -0.3 is 10.1 Å². The minimum absolute atomic E-state index is 0.0906. The highest BCUT2D eigenvalue weighted by Crippen LogP contribution is 2.21. The lowest BCUT2D eigenvalue weighted by Crippen LogP contribution is -2.09. The van der Waals surface area contributed by atoms with Gasteiger partial charge in [-0.2, -0.15) is 0 Å². The fourth-order valence-corrected chi connectivity index (χ4v) is 1.96. The number of nitrogens with one attached hydrogen (secondary N) is 1. The zero-order valence-electron chi connectivity index (χ0n) is 11.8. The molecule has 0 aliphatic carbocycles. The Balaban J connectivity index is 2.34. The van der Waals surface area contributed by atoms with Crippen LogP contribution in [0.1, 0.15) is 12.5 Å². The lowest BCUT2D eigenvalue weighted by molar-refractivity contribution is -0.136. The van der Waals surface area contributed by atoms with E-state index in [1.54, 1.807) is 31.2 Å². The van der Waals surface area contributed by atoms with Crippen molar-refractivity contribution in [2.45, 2.75) is 6.92 Å². The molecule has 6 heteroatoms. The number of hydrogen-bond donors (Lipinski definition) is 1. The molecule has 0 radical (unpaired) electrons. The van der Waals surface area contributed by atoms with E-state index < -0.39 is 11.8 Å². The topological polar surface area (TPSA) is 51.2 Å². The summed E-state index contributed by atoms with van der Waals surface area (Å²) in [5, 5.41) is 3.20. The predicted molar refractivity (Wildman–Crippen MR) is 83.9 cm³/mol. The second-order valence-electron chi connectivity index (χ2n) is 4.27. The van der Waals surface area contributed by atoms with Gasteiger partial charge in [0.05, 0.1) is 12.2 Å². The smallest absolute Gasteiger partial charge is 0.340 e. The first-order valence-electron chi connectivity index (χ1n) is 6.62. The molecule has 1 N–H and O–H groups in total. The van der Waals surface area contributed by atoms with Gasteiger partial charge in [0.25, 0.3) is 0 Å². The van der Waals surface area contributed by atoms with Crippen LogP contribution in [-0.2, 0) is 9.53 Å². The van der Waals surface area contributed by atoms with Gasteiger partial charge in [-0.15, -0.1) is 0 Å². The monoisotopic (exact) mass is 320 g/mol. The summed E-state index contributed by atoms with van der Waals surface area (Å²) in [5.74, 6) is -1.11. The average molecular weight is 321 g/mol. The molecule has 0 unspecified atom stereocenters. The standard InChI is InChI=1S/C16H14ClFN2O2/c1-2-22-16(21)13(12-5-3-4-6-14(12)18)10-20-11-7-8-19-15(17)9-11/h3-10H,2H2,1H3,(H,19,20)/b13-10-. The van der Waals surface area contributed by atoms with E-state index in [1.165, 1.54) is 24.5 Å². The third kappa shape index (κ3) is 4.05. The molecule has 2 aromatic rings. The Morgan fingerprint density at radius 3 is 2.86 bits per heavy atom. The van der Waals surface area contributed by atoms with Gasteiger partial charge in [0.1, 0.15) is 11.0 Å². The Kier molecular flexibility index (Phi) is 5.49. The SMILES string of the molecule is CCOC(=O)/C(=C\Nc1ccnc(Cl)c1)c1ccccc1F. The molecule has 22 heavy (non-hydrogen) atoms. The summed E-state index contributed by atoms with van der Waals surface area (Å²) in [6.07, 6.45) is 2.91. The van der Waals surface area contributed by atoms with Crippen molar-refractivity contribution in [2.24, 2.45) is 0 Å². The molecule has 0 saturated heterocycles. The number of esters is 1. The highest BCUT2D eigenvalue weighted by atomic mass is 35.5. The van der Waals surface area contributed by atoms with Crippen molar-refractivity contribution >= 4 is 28.8 Å². The molecule has 0 saturated carbocycles. The van der Waals surface area contributed by atoms with E-state index in [4.69, 9.17) is 16.3 Å². The molecule has 0 atom stereocenters. The van der Waals surface area contributed by atoms with Crippen LogP contribution in [0.25, 0.3) is 5.57 Å². The van der Waals surface area contributed by atoms with Gasteiger partial charge >= 0.3 is 5.97 Å². The number of benzene rings is 1. The summed E-state index contributed by atoms with van der Waals surface area (Å²) in [6.45, 7) is 1.89. The molecule has 1 heterocycles. The number of pyridine rings is 1. The molecule has 2 rings (SSSR count). The predicted octanol–water partition coefficient (Wildman–Crippen LogP) is 3.89. The fourth-order valence-electron chi connectivity index (χ4n) is 1.78. The van der Waals surface area contributed by atoms with Crippen molar-refractivity contribution in [3.8, 4) is 0 Å². The Morgan fingerprint density at radius 2 is 2.18 bits per heavy atom. The van der Waals surface area contributed by atoms with E-state index in [9.17, 15) is 9.18 Å². The average Bonchev–Trinajstić information content (AvgIpc) is 2.49. The summed E-state index contributed by atoms with van der Waals surface area (Å²) in [5.41, 5.74) is 0.875. The van der Waals surface area contributed by atoms with Crippen LogP contribution in [0.15, 0.2) is 48.8 Å². The van der Waals surface area contributed by atoms with Gasteiger partial charge in [-0.3, -0.25) is 0 Å². The lowest BCUT2D eigenvalue weighted by atomic mass is 10.1. The molecule has 114 valence electrons. The number of rotatable bonds is 5. The number of anilines is 1. The Bertz CT molecular complexity index is 704. The van der Waals surface area contributed by atoms with Crippen molar-refractivity contribution in [3.05, 3.63) is 65.3 Å². The van der Waals surface area contributed by atoms with Gasteiger partial charge in [0, 0.05) is 23.6 Å². The second kappa shape index (κ2) is 7.56. The molecular formula is C16H14ClFN2O2. The maximum Gasteiger partial charge on any atom is 0.340 e. The van der Waals surface area contributed by atoms with Crippen molar-refractivity contribution in [1.29, 1.82) is 0 Å². The van der Waals surface area contributed by atoms with Crippen molar-refractivity contribution in [2.75, 3.05) is 11.9 Å². The van der Waals surface area contributed by atoms with Crippen LogP contribution in [0, 0.1) is 5.82 Å².